The van der Waals surface area contributed by atoms with E-state index in [4.69, 9.17) is 5.73 Å². The van der Waals surface area contributed by atoms with E-state index in [1.807, 2.05) is 6.92 Å². The first-order valence-electron chi connectivity index (χ1n) is 30.1. The molecule has 0 spiro atoms. The SMILES string of the molecule is CCC(=O)N(CC(=O)N(CC(=O)N(CC(=O)N(CC(=O)N(CC(=O)N(CC(=O)N(CC(=O)N(CC(=O)N(CC(=O)N(CC(N)=O)C(C)CC)CC(C)O)CC(C)O)C(C)CC)C(C)CC)CC(C)O)CC(C)O)C(C)CC)C(C)CC)CC(C)O. The standard InChI is InChI=1S/C58H107N11O16/c1-17-38(7)65(28-48(59)75)54(81)32-63(26-46(15)73)50(77)29-61(24-44(13)71)52(79)35-67(40(9)19-3)58(85)37-69(42(11)21-5)56(83)33-64(27-47(16)74)51(78)30-62(25-45(14)72)53(80)34-66(39(8)18-2)57(84)36-68(41(10)20-4)55(82)31-60(23-43(12)70)49(76)22-6/h38-47,70-74H,17-37H2,1-16H3,(H2,59,75). The average molecular weight is 1210 g/mol. The second kappa shape index (κ2) is 39.6. The lowest BCUT2D eigenvalue weighted by Gasteiger charge is -2.37. The minimum atomic E-state index is -1.20. The number of carbonyl (C=O) groups excluding carboxylic acids is 11. The maximum atomic E-state index is 14.5. The van der Waals surface area contributed by atoms with E-state index in [1.165, 1.54) is 64.0 Å². The summed E-state index contributed by atoms with van der Waals surface area (Å²) in [5, 5.41) is 52.1. The molecular formula is C58H107N11O16. The molecule has 0 saturated carbocycles. The van der Waals surface area contributed by atoms with Gasteiger partial charge in [-0.3, -0.25) is 52.7 Å². The van der Waals surface area contributed by atoms with Crippen LogP contribution in [0.5, 0.6) is 0 Å². The quantitative estimate of drug-likeness (QED) is 0.0431. The predicted molar refractivity (Wildman–Crippen MR) is 318 cm³/mol. The number of primary amides is 1. The van der Waals surface area contributed by atoms with Gasteiger partial charge in [-0.2, -0.15) is 0 Å². The van der Waals surface area contributed by atoms with Gasteiger partial charge >= 0.3 is 0 Å². The van der Waals surface area contributed by atoms with Crippen molar-refractivity contribution in [1.29, 1.82) is 0 Å². The summed E-state index contributed by atoms with van der Waals surface area (Å²) in [6, 6.07) is -2.72. The number of hydrogen-bond donors (Lipinski definition) is 6. The zero-order valence-electron chi connectivity index (χ0n) is 53.9. The van der Waals surface area contributed by atoms with E-state index in [9.17, 15) is 78.3 Å². The number of nitrogens with two attached hydrogens (primary N) is 1. The summed E-state index contributed by atoms with van der Waals surface area (Å²) < 4.78 is 0. The molecule has 0 fully saturated rings. The Hall–Kier alpha value is -6.03. The van der Waals surface area contributed by atoms with E-state index < -0.39 is 192 Å². The fourth-order valence-electron chi connectivity index (χ4n) is 9.06. The summed E-state index contributed by atoms with van der Waals surface area (Å²) in [6.45, 7) is 18.7. The van der Waals surface area contributed by atoms with Gasteiger partial charge in [0, 0.05) is 69.4 Å². The lowest BCUT2D eigenvalue weighted by Crippen LogP contribution is -2.56. The fourth-order valence-corrected chi connectivity index (χ4v) is 9.06. The van der Waals surface area contributed by atoms with Crippen LogP contribution in [0.3, 0.4) is 0 Å². The Balaban J connectivity index is 6.96. The van der Waals surface area contributed by atoms with Crippen LogP contribution in [-0.4, -0.2) is 298 Å². The summed E-state index contributed by atoms with van der Waals surface area (Å²) >= 11 is 0. The molecule has 0 aliphatic carbocycles. The average Bonchev–Trinajstić information content (AvgIpc) is 3.57. The molecule has 0 aromatic carbocycles. The van der Waals surface area contributed by atoms with Crippen molar-refractivity contribution in [3.8, 4) is 0 Å². The molecule has 0 radical (unpaired) electrons. The summed E-state index contributed by atoms with van der Waals surface area (Å²) in [5.41, 5.74) is 5.41. The van der Waals surface area contributed by atoms with Gasteiger partial charge in [-0.05, 0) is 101 Å². The fraction of sp³-hybridized carbons (Fsp3) is 0.810. The van der Waals surface area contributed by atoms with Gasteiger partial charge in [-0.25, -0.2) is 0 Å². The Bertz CT molecular complexity index is 2170. The monoisotopic (exact) mass is 1210 g/mol. The van der Waals surface area contributed by atoms with E-state index in [-0.39, 0.29) is 38.5 Å². The van der Waals surface area contributed by atoms with Crippen molar-refractivity contribution in [3.63, 3.8) is 0 Å². The van der Waals surface area contributed by atoms with E-state index in [1.54, 1.807) is 69.2 Å². The van der Waals surface area contributed by atoms with Crippen LogP contribution in [0.2, 0.25) is 0 Å². The van der Waals surface area contributed by atoms with Gasteiger partial charge in [0.15, 0.2) is 0 Å². The Morgan fingerprint density at radius 2 is 0.435 bits per heavy atom. The van der Waals surface area contributed by atoms with E-state index in [0.29, 0.717) is 32.1 Å². The number of aliphatic hydroxyl groups excluding tert-OH is 5. The summed E-state index contributed by atoms with van der Waals surface area (Å²) in [7, 11) is 0. The molecule has 27 nitrogen and oxygen atoms in total. The third-order valence-corrected chi connectivity index (χ3v) is 14.9. The molecule has 85 heavy (non-hydrogen) atoms. The Labute approximate surface area is 504 Å². The maximum Gasteiger partial charge on any atom is 0.242 e. The third kappa shape index (κ3) is 28.4. The van der Waals surface area contributed by atoms with Crippen LogP contribution < -0.4 is 5.73 Å². The van der Waals surface area contributed by atoms with E-state index in [0.717, 1.165) is 19.6 Å². The first-order valence-corrected chi connectivity index (χ1v) is 30.1. The number of amides is 11. The lowest BCUT2D eigenvalue weighted by molar-refractivity contribution is -0.152. The predicted octanol–water partition coefficient (Wildman–Crippen LogP) is -0.936. The molecule has 10 atom stereocenters. The molecular weight excluding hydrogens is 1110 g/mol. The zero-order chi connectivity index (χ0) is 65.7. The Morgan fingerprint density at radius 3 is 0.624 bits per heavy atom. The van der Waals surface area contributed by atoms with Gasteiger partial charge in [0.05, 0.1) is 69.8 Å². The van der Waals surface area contributed by atoms with Crippen molar-refractivity contribution >= 4 is 65.0 Å². The van der Waals surface area contributed by atoms with Crippen molar-refractivity contribution in [2.75, 3.05) is 98.2 Å². The molecule has 0 heterocycles. The molecule has 11 amide bonds. The van der Waals surface area contributed by atoms with Gasteiger partial charge in [-0.1, -0.05) is 41.5 Å². The van der Waals surface area contributed by atoms with Crippen molar-refractivity contribution < 1.29 is 78.3 Å². The highest BCUT2D eigenvalue weighted by atomic mass is 16.3. The molecule has 490 valence electrons. The molecule has 0 aliphatic rings. The Kier molecular flexibility index (Phi) is 36.8. The molecule has 0 aromatic heterocycles. The van der Waals surface area contributed by atoms with E-state index in [2.05, 4.69) is 0 Å². The van der Waals surface area contributed by atoms with Gasteiger partial charge in [0.1, 0.15) is 26.2 Å². The topological polar surface area (TPSA) is 347 Å². The molecule has 7 N–H and O–H groups in total. The van der Waals surface area contributed by atoms with Crippen LogP contribution in [-0.2, 0) is 52.7 Å². The number of carbonyl (C=O) groups is 11. The van der Waals surface area contributed by atoms with Crippen LogP contribution in [0.25, 0.3) is 0 Å². The van der Waals surface area contributed by atoms with Crippen LogP contribution in [0.15, 0.2) is 0 Å². The summed E-state index contributed by atoms with van der Waals surface area (Å²) in [6.07, 6.45) is -3.58. The number of aliphatic hydroxyl groups is 5. The molecule has 0 bridgehead atoms. The number of rotatable bonds is 41. The number of hydrogen-bond acceptors (Lipinski definition) is 16. The first-order chi connectivity index (χ1) is 39.5. The maximum absolute atomic E-state index is 14.5. The molecule has 0 saturated heterocycles. The van der Waals surface area contributed by atoms with Gasteiger partial charge in [-0.15, -0.1) is 0 Å². The smallest absolute Gasteiger partial charge is 0.242 e. The van der Waals surface area contributed by atoms with Crippen molar-refractivity contribution in [3.05, 3.63) is 0 Å². The second-order valence-electron chi connectivity index (χ2n) is 22.8. The molecule has 0 aromatic rings. The number of nitrogens with zero attached hydrogens (tertiary/aromatic N) is 10. The van der Waals surface area contributed by atoms with E-state index >= 15 is 0 Å². The highest BCUT2D eigenvalue weighted by molar-refractivity contribution is 5.95. The van der Waals surface area contributed by atoms with Crippen molar-refractivity contribution in [2.24, 2.45) is 5.73 Å². The van der Waals surface area contributed by atoms with Crippen molar-refractivity contribution in [2.45, 2.75) is 210 Å². The second-order valence-corrected chi connectivity index (χ2v) is 22.8. The molecule has 0 aliphatic heterocycles. The van der Waals surface area contributed by atoms with Crippen LogP contribution in [0, 0.1) is 0 Å². The lowest BCUT2D eigenvalue weighted by atomic mass is 10.1. The van der Waals surface area contributed by atoms with Crippen molar-refractivity contribution in [1.82, 2.24) is 49.0 Å². The highest BCUT2D eigenvalue weighted by Crippen LogP contribution is 2.16. The normalized spacial score (nSPS) is 14.8. The third-order valence-electron chi connectivity index (χ3n) is 14.9. The zero-order valence-corrected chi connectivity index (χ0v) is 53.9. The van der Waals surface area contributed by atoms with Gasteiger partial charge < -0.3 is 80.3 Å². The molecule has 10 unspecified atom stereocenters. The largest absolute Gasteiger partial charge is 0.392 e. The minimum absolute atomic E-state index is 0.0783. The Morgan fingerprint density at radius 1 is 0.271 bits per heavy atom. The summed E-state index contributed by atoms with van der Waals surface area (Å²) in [4.78, 5) is 164. The van der Waals surface area contributed by atoms with Crippen LogP contribution in [0.4, 0.5) is 0 Å². The summed E-state index contributed by atoms with van der Waals surface area (Å²) in [5.74, 6) is -7.50. The van der Waals surface area contributed by atoms with Gasteiger partial charge in [0.25, 0.3) is 0 Å². The highest BCUT2D eigenvalue weighted by Gasteiger charge is 2.36. The minimum Gasteiger partial charge on any atom is -0.392 e. The first kappa shape index (κ1) is 79.0. The van der Waals surface area contributed by atoms with Crippen LogP contribution in [0.1, 0.15) is 149 Å². The van der Waals surface area contributed by atoms with Crippen LogP contribution >= 0.6 is 0 Å². The molecule has 27 heteroatoms. The van der Waals surface area contributed by atoms with Gasteiger partial charge in [0.2, 0.25) is 65.0 Å². The molecule has 0 rings (SSSR count).